The Bertz CT molecular complexity index is 1040. The third-order valence-electron chi connectivity index (χ3n) is 6.14. The van der Waals surface area contributed by atoms with Gasteiger partial charge in [-0.3, -0.25) is 9.69 Å². The van der Waals surface area contributed by atoms with Crippen molar-refractivity contribution in [2.45, 2.75) is 38.5 Å². The molecule has 0 spiro atoms. The SMILES string of the molecule is CC(C)c1ccc(N2CCN(CC(=O)N3CCC(Oc4cc(C(F)(F)F)ccn4)C3)C2=O)cc1. The van der Waals surface area contributed by atoms with E-state index in [1.54, 1.807) is 9.80 Å². The van der Waals surface area contributed by atoms with Crippen LogP contribution in [0.1, 0.15) is 37.3 Å². The lowest BCUT2D eigenvalue weighted by Crippen LogP contribution is -2.42. The molecule has 0 bridgehead atoms. The number of urea groups is 1. The minimum Gasteiger partial charge on any atom is -0.472 e. The van der Waals surface area contributed by atoms with Gasteiger partial charge in [0.2, 0.25) is 11.8 Å². The van der Waals surface area contributed by atoms with Gasteiger partial charge in [-0.1, -0.05) is 26.0 Å². The van der Waals surface area contributed by atoms with Crippen LogP contribution in [-0.4, -0.2) is 65.5 Å². The summed E-state index contributed by atoms with van der Waals surface area (Å²) >= 11 is 0. The van der Waals surface area contributed by atoms with E-state index in [-0.39, 0.29) is 30.9 Å². The fourth-order valence-corrected chi connectivity index (χ4v) is 4.14. The zero-order chi connectivity index (χ0) is 24.5. The quantitative estimate of drug-likeness (QED) is 0.629. The molecule has 10 heteroatoms. The Morgan fingerprint density at radius 1 is 1.15 bits per heavy atom. The maximum absolute atomic E-state index is 12.9. The summed E-state index contributed by atoms with van der Waals surface area (Å²) in [5, 5.41) is 0. The standard InChI is InChI=1S/C24H27F3N4O3/c1-16(2)17-3-5-19(6-4-17)31-12-11-30(23(31)33)15-22(32)29-10-8-20(14-29)34-21-13-18(7-9-28-21)24(25,26)27/h3-7,9,13,16,20H,8,10-12,14-15H2,1-2H3. The summed E-state index contributed by atoms with van der Waals surface area (Å²) in [6, 6.07) is 9.37. The van der Waals surface area contributed by atoms with E-state index in [1.165, 1.54) is 10.5 Å². The molecule has 2 aliphatic heterocycles. The Labute approximate surface area is 196 Å². The number of amides is 3. The summed E-state index contributed by atoms with van der Waals surface area (Å²) in [7, 11) is 0. The van der Waals surface area contributed by atoms with Crippen molar-refractivity contribution >= 4 is 17.6 Å². The van der Waals surface area contributed by atoms with Gasteiger partial charge in [0.15, 0.2) is 0 Å². The first-order valence-electron chi connectivity index (χ1n) is 11.3. The minimum atomic E-state index is -4.48. The zero-order valence-electron chi connectivity index (χ0n) is 19.1. The predicted octanol–water partition coefficient (Wildman–Crippen LogP) is 4.15. The number of hydrogen-bond acceptors (Lipinski definition) is 4. The van der Waals surface area contributed by atoms with E-state index in [2.05, 4.69) is 18.8 Å². The first-order chi connectivity index (χ1) is 16.1. The molecule has 2 fully saturated rings. The van der Waals surface area contributed by atoms with E-state index in [0.717, 1.165) is 24.0 Å². The van der Waals surface area contributed by atoms with Gasteiger partial charge in [-0.15, -0.1) is 0 Å². The Morgan fingerprint density at radius 2 is 1.88 bits per heavy atom. The zero-order valence-corrected chi connectivity index (χ0v) is 19.1. The predicted molar refractivity (Wildman–Crippen MR) is 120 cm³/mol. The van der Waals surface area contributed by atoms with E-state index < -0.39 is 17.8 Å². The van der Waals surface area contributed by atoms with Gasteiger partial charge in [-0.2, -0.15) is 13.2 Å². The van der Waals surface area contributed by atoms with Crippen molar-refractivity contribution in [3.63, 3.8) is 0 Å². The van der Waals surface area contributed by atoms with Crippen molar-refractivity contribution < 1.29 is 27.5 Å². The number of carbonyl (C=O) groups excluding carboxylic acids is 2. The highest BCUT2D eigenvalue weighted by molar-refractivity contribution is 5.96. The molecule has 2 saturated heterocycles. The minimum absolute atomic E-state index is 0.0477. The summed E-state index contributed by atoms with van der Waals surface area (Å²) in [5.74, 6) is 0.0616. The molecular formula is C24H27F3N4O3. The number of carbonyl (C=O) groups is 2. The summed E-state index contributed by atoms with van der Waals surface area (Å²) in [6.07, 6.45) is -3.40. The summed E-state index contributed by atoms with van der Waals surface area (Å²) < 4.78 is 44.3. The molecule has 0 N–H and O–H groups in total. The number of anilines is 1. The first kappa shape index (κ1) is 23.8. The smallest absolute Gasteiger partial charge is 0.416 e. The number of rotatable bonds is 6. The van der Waals surface area contributed by atoms with Crippen LogP contribution in [0.25, 0.3) is 0 Å². The molecule has 34 heavy (non-hydrogen) atoms. The summed E-state index contributed by atoms with van der Waals surface area (Å²) in [4.78, 5) is 34.2. The fraction of sp³-hybridized carbons (Fsp3) is 0.458. The molecule has 0 aliphatic carbocycles. The number of benzene rings is 1. The molecule has 1 aromatic heterocycles. The molecule has 0 saturated carbocycles. The van der Waals surface area contributed by atoms with E-state index in [9.17, 15) is 22.8 Å². The second kappa shape index (κ2) is 9.52. The second-order valence-corrected chi connectivity index (χ2v) is 8.85. The molecule has 4 rings (SSSR count). The van der Waals surface area contributed by atoms with Gasteiger partial charge < -0.3 is 14.5 Å². The number of pyridine rings is 1. The van der Waals surface area contributed by atoms with Crippen LogP contribution in [0.15, 0.2) is 42.6 Å². The van der Waals surface area contributed by atoms with Crippen molar-refractivity contribution in [1.29, 1.82) is 0 Å². The molecule has 1 aromatic carbocycles. The number of hydrogen-bond donors (Lipinski definition) is 0. The fourth-order valence-electron chi connectivity index (χ4n) is 4.14. The van der Waals surface area contributed by atoms with Crippen molar-refractivity contribution in [1.82, 2.24) is 14.8 Å². The second-order valence-electron chi connectivity index (χ2n) is 8.85. The highest BCUT2D eigenvalue weighted by Crippen LogP contribution is 2.31. The van der Waals surface area contributed by atoms with Crippen molar-refractivity contribution in [2.24, 2.45) is 0 Å². The van der Waals surface area contributed by atoms with Gasteiger partial charge >= 0.3 is 12.2 Å². The average Bonchev–Trinajstić information content (AvgIpc) is 3.40. The molecule has 1 unspecified atom stereocenters. The lowest BCUT2D eigenvalue weighted by molar-refractivity contribution is -0.137. The monoisotopic (exact) mass is 476 g/mol. The number of likely N-dealkylation sites (tertiary alicyclic amines) is 1. The van der Waals surface area contributed by atoms with Crippen LogP contribution in [0.2, 0.25) is 0 Å². The Morgan fingerprint density at radius 3 is 2.56 bits per heavy atom. The van der Waals surface area contributed by atoms with Crippen LogP contribution in [0.4, 0.5) is 23.7 Å². The van der Waals surface area contributed by atoms with Crippen LogP contribution < -0.4 is 9.64 Å². The van der Waals surface area contributed by atoms with Crippen LogP contribution in [0.3, 0.4) is 0 Å². The molecule has 0 radical (unpaired) electrons. The lowest BCUT2D eigenvalue weighted by Gasteiger charge is -2.22. The molecule has 3 amide bonds. The number of nitrogens with zero attached hydrogens (tertiary/aromatic N) is 4. The number of aromatic nitrogens is 1. The van der Waals surface area contributed by atoms with Crippen LogP contribution >= 0.6 is 0 Å². The van der Waals surface area contributed by atoms with Crippen LogP contribution in [0.5, 0.6) is 5.88 Å². The van der Waals surface area contributed by atoms with Crippen molar-refractivity contribution in [3.05, 3.63) is 53.7 Å². The van der Waals surface area contributed by atoms with Crippen molar-refractivity contribution in [2.75, 3.05) is 37.6 Å². The normalized spacial score (nSPS) is 18.8. The highest BCUT2D eigenvalue weighted by Gasteiger charge is 2.35. The summed E-state index contributed by atoms with van der Waals surface area (Å²) in [6.45, 7) is 5.75. The van der Waals surface area contributed by atoms with Gasteiger partial charge in [0.25, 0.3) is 0 Å². The first-order valence-corrected chi connectivity index (χ1v) is 11.3. The maximum Gasteiger partial charge on any atom is 0.416 e. The number of alkyl halides is 3. The van der Waals surface area contributed by atoms with Gasteiger partial charge in [0.1, 0.15) is 12.6 Å². The van der Waals surface area contributed by atoms with Gasteiger partial charge in [-0.05, 0) is 29.7 Å². The van der Waals surface area contributed by atoms with Gasteiger partial charge in [-0.25, -0.2) is 9.78 Å². The Kier molecular flexibility index (Phi) is 6.67. The van der Waals surface area contributed by atoms with E-state index in [1.807, 2.05) is 24.3 Å². The third kappa shape index (κ3) is 5.26. The number of ether oxygens (including phenoxy) is 1. The Hall–Kier alpha value is -3.30. The van der Waals surface area contributed by atoms with Crippen molar-refractivity contribution in [3.8, 4) is 5.88 Å². The van der Waals surface area contributed by atoms with E-state index in [4.69, 9.17) is 4.74 Å². The molecule has 2 aliphatic rings. The highest BCUT2D eigenvalue weighted by atomic mass is 19.4. The van der Waals surface area contributed by atoms with Gasteiger partial charge in [0, 0.05) is 44.0 Å². The van der Waals surface area contributed by atoms with E-state index >= 15 is 0 Å². The van der Waals surface area contributed by atoms with Crippen LogP contribution in [-0.2, 0) is 11.0 Å². The largest absolute Gasteiger partial charge is 0.472 e. The lowest BCUT2D eigenvalue weighted by atomic mass is 10.0. The average molecular weight is 476 g/mol. The van der Waals surface area contributed by atoms with E-state index in [0.29, 0.717) is 32.0 Å². The molecule has 1 atom stereocenters. The summed E-state index contributed by atoms with van der Waals surface area (Å²) in [5.41, 5.74) is 1.15. The third-order valence-corrected chi connectivity index (χ3v) is 6.14. The molecule has 7 nitrogen and oxygen atoms in total. The number of halogens is 3. The van der Waals surface area contributed by atoms with Gasteiger partial charge in [0.05, 0.1) is 12.1 Å². The molecule has 2 aromatic rings. The molecule has 182 valence electrons. The molecule has 3 heterocycles. The maximum atomic E-state index is 12.9. The van der Waals surface area contributed by atoms with Crippen LogP contribution in [0, 0.1) is 0 Å². The Balaban J connectivity index is 1.30. The topological polar surface area (TPSA) is 66.0 Å². The molecular weight excluding hydrogens is 449 g/mol.